The maximum atomic E-state index is 11.4. The molecule has 1 unspecified atom stereocenters. The lowest BCUT2D eigenvalue weighted by Crippen LogP contribution is -2.40. The molecular weight excluding hydrogens is 272 g/mol. The summed E-state index contributed by atoms with van der Waals surface area (Å²) in [5, 5.41) is 3.30. The molecule has 0 aliphatic carbocycles. The SMILES string of the molecule is CN1CCCC(Nc2nc[nH]c(=O)c2Br)C1. The van der Waals surface area contributed by atoms with Gasteiger partial charge in [0.25, 0.3) is 5.56 Å². The minimum absolute atomic E-state index is 0.151. The van der Waals surface area contributed by atoms with Gasteiger partial charge in [-0.25, -0.2) is 4.98 Å². The van der Waals surface area contributed by atoms with E-state index in [-0.39, 0.29) is 5.56 Å². The highest BCUT2D eigenvalue weighted by molar-refractivity contribution is 9.10. The van der Waals surface area contributed by atoms with E-state index in [4.69, 9.17) is 0 Å². The van der Waals surface area contributed by atoms with Crippen LogP contribution in [-0.2, 0) is 0 Å². The minimum Gasteiger partial charge on any atom is -0.365 e. The summed E-state index contributed by atoms with van der Waals surface area (Å²) in [6.45, 7) is 2.13. The van der Waals surface area contributed by atoms with Crippen LogP contribution in [0.4, 0.5) is 5.82 Å². The van der Waals surface area contributed by atoms with Crippen LogP contribution >= 0.6 is 15.9 Å². The van der Waals surface area contributed by atoms with Crippen molar-refractivity contribution in [3.63, 3.8) is 0 Å². The molecule has 0 aromatic carbocycles. The Labute approximate surface area is 102 Å². The number of likely N-dealkylation sites (tertiary alicyclic amines) is 1. The number of piperidine rings is 1. The van der Waals surface area contributed by atoms with Gasteiger partial charge in [-0.3, -0.25) is 4.79 Å². The topological polar surface area (TPSA) is 61.0 Å². The number of hydrogen-bond donors (Lipinski definition) is 2. The molecule has 1 aliphatic heterocycles. The molecule has 2 rings (SSSR count). The fraction of sp³-hybridized carbons (Fsp3) is 0.600. The second-order valence-corrected chi connectivity index (χ2v) is 4.93. The first-order chi connectivity index (χ1) is 7.66. The lowest BCUT2D eigenvalue weighted by molar-refractivity contribution is 0.260. The Morgan fingerprint density at radius 3 is 3.25 bits per heavy atom. The molecule has 1 aromatic rings. The van der Waals surface area contributed by atoms with E-state index in [9.17, 15) is 4.79 Å². The van der Waals surface area contributed by atoms with Gasteiger partial charge in [-0.05, 0) is 42.4 Å². The Balaban J connectivity index is 2.08. The Bertz CT molecular complexity index is 420. The number of H-pyrrole nitrogens is 1. The Kier molecular flexibility index (Phi) is 3.60. The summed E-state index contributed by atoms with van der Waals surface area (Å²) in [4.78, 5) is 20.3. The first kappa shape index (κ1) is 11.6. The lowest BCUT2D eigenvalue weighted by Gasteiger charge is -2.30. The summed E-state index contributed by atoms with van der Waals surface area (Å²) < 4.78 is 0.475. The van der Waals surface area contributed by atoms with E-state index in [0.29, 0.717) is 16.3 Å². The summed E-state index contributed by atoms with van der Waals surface area (Å²) in [5.41, 5.74) is -0.151. The molecule has 0 amide bonds. The number of hydrogen-bond acceptors (Lipinski definition) is 4. The molecule has 0 bridgehead atoms. The highest BCUT2D eigenvalue weighted by Crippen LogP contribution is 2.18. The third-order valence-electron chi connectivity index (χ3n) is 2.76. The predicted octanol–water partition coefficient (Wildman–Crippen LogP) is 1.04. The number of nitrogens with one attached hydrogen (secondary N) is 2. The molecule has 1 saturated heterocycles. The van der Waals surface area contributed by atoms with E-state index in [1.807, 2.05) is 0 Å². The van der Waals surface area contributed by atoms with Crippen molar-refractivity contribution in [2.75, 3.05) is 25.5 Å². The van der Waals surface area contributed by atoms with E-state index >= 15 is 0 Å². The average molecular weight is 287 g/mol. The zero-order valence-corrected chi connectivity index (χ0v) is 10.7. The molecule has 1 aliphatic rings. The van der Waals surface area contributed by atoms with Crippen molar-refractivity contribution in [2.45, 2.75) is 18.9 Å². The van der Waals surface area contributed by atoms with Gasteiger partial charge in [0.15, 0.2) is 0 Å². The zero-order chi connectivity index (χ0) is 11.5. The van der Waals surface area contributed by atoms with Gasteiger partial charge in [-0.15, -0.1) is 0 Å². The average Bonchev–Trinajstić information content (AvgIpc) is 2.25. The molecule has 16 heavy (non-hydrogen) atoms. The molecule has 1 atom stereocenters. The van der Waals surface area contributed by atoms with E-state index in [0.717, 1.165) is 19.5 Å². The van der Waals surface area contributed by atoms with Gasteiger partial charge in [0.2, 0.25) is 0 Å². The second kappa shape index (κ2) is 4.97. The summed E-state index contributed by atoms with van der Waals surface area (Å²) in [5.74, 6) is 0.629. The van der Waals surface area contributed by atoms with Crippen LogP contribution in [0.3, 0.4) is 0 Å². The largest absolute Gasteiger partial charge is 0.365 e. The van der Waals surface area contributed by atoms with Crippen molar-refractivity contribution >= 4 is 21.7 Å². The van der Waals surface area contributed by atoms with E-state index in [2.05, 4.69) is 43.2 Å². The second-order valence-electron chi connectivity index (χ2n) is 4.14. The van der Waals surface area contributed by atoms with E-state index in [1.165, 1.54) is 12.7 Å². The van der Waals surface area contributed by atoms with Gasteiger partial charge in [0.1, 0.15) is 10.3 Å². The maximum Gasteiger partial charge on any atom is 0.267 e. The van der Waals surface area contributed by atoms with Crippen LogP contribution in [0.5, 0.6) is 0 Å². The maximum absolute atomic E-state index is 11.4. The highest BCUT2D eigenvalue weighted by Gasteiger charge is 2.18. The summed E-state index contributed by atoms with van der Waals surface area (Å²) >= 11 is 3.24. The normalized spacial score (nSPS) is 22.0. The van der Waals surface area contributed by atoms with Crippen LogP contribution in [0, 0.1) is 0 Å². The predicted molar refractivity (Wildman–Crippen MR) is 66.7 cm³/mol. The van der Waals surface area contributed by atoms with E-state index in [1.54, 1.807) is 0 Å². The lowest BCUT2D eigenvalue weighted by atomic mass is 10.1. The molecule has 88 valence electrons. The van der Waals surface area contributed by atoms with Crippen molar-refractivity contribution in [3.8, 4) is 0 Å². The van der Waals surface area contributed by atoms with Crippen LogP contribution in [0.25, 0.3) is 0 Å². The minimum atomic E-state index is -0.151. The van der Waals surface area contributed by atoms with Gasteiger partial charge in [-0.2, -0.15) is 0 Å². The molecule has 1 aromatic heterocycles. The van der Waals surface area contributed by atoms with Gasteiger partial charge in [0.05, 0.1) is 6.33 Å². The van der Waals surface area contributed by atoms with Crippen LogP contribution < -0.4 is 10.9 Å². The number of aromatic nitrogens is 2. The van der Waals surface area contributed by atoms with Crippen molar-refractivity contribution < 1.29 is 0 Å². The highest BCUT2D eigenvalue weighted by atomic mass is 79.9. The number of aromatic amines is 1. The number of halogens is 1. The molecule has 2 N–H and O–H groups in total. The molecule has 0 spiro atoms. The molecule has 0 saturated carbocycles. The smallest absolute Gasteiger partial charge is 0.267 e. The molecule has 2 heterocycles. The number of likely N-dealkylation sites (N-methyl/N-ethyl adjacent to an activating group) is 1. The van der Waals surface area contributed by atoms with Crippen molar-refractivity contribution in [3.05, 3.63) is 21.2 Å². The molecule has 5 nitrogen and oxygen atoms in total. The van der Waals surface area contributed by atoms with Gasteiger partial charge >= 0.3 is 0 Å². The molecular formula is C10H15BrN4O. The third-order valence-corrected chi connectivity index (χ3v) is 3.50. The summed E-state index contributed by atoms with van der Waals surface area (Å²) in [7, 11) is 2.11. The quantitative estimate of drug-likeness (QED) is 0.853. The van der Waals surface area contributed by atoms with E-state index < -0.39 is 0 Å². The first-order valence-corrected chi connectivity index (χ1v) is 6.14. The van der Waals surface area contributed by atoms with Crippen molar-refractivity contribution in [2.24, 2.45) is 0 Å². The summed E-state index contributed by atoms with van der Waals surface area (Å²) in [6.07, 6.45) is 3.71. The van der Waals surface area contributed by atoms with Crippen LogP contribution in [0.1, 0.15) is 12.8 Å². The van der Waals surface area contributed by atoms with Crippen LogP contribution in [0.15, 0.2) is 15.6 Å². The van der Waals surface area contributed by atoms with Gasteiger partial charge in [0, 0.05) is 12.6 Å². The fourth-order valence-corrected chi connectivity index (χ4v) is 2.29. The fourth-order valence-electron chi connectivity index (χ4n) is 1.96. The van der Waals surface area contributed by atoms with Crippen LogP contribution in [0.2, 0.25) is 0 Å². The third kappa shape index (κ3) is 2.62. The summed E-state index contributed by atoms with van der Waals surface area (Å²) in [6, 6.07) is 0.365. The van der Waals surface area contributed by atoms with Crippen molar-refractivity contribution in [1.29, 1.82) is 0 Å². The number of rotatable bonds is 2. The van der Waals surface area contributed by atoms with Gasteiger partial charge < -0.3 is 15.2 Å². The zero-order valence-electron chi connectivity index (χ0n) is 9.16. The first-order valence-electron chi connectivity index (χ1n) is 5.35. The van der Waals surface area contributed by atoms with Crippen molar-refractivity contribution in [1.82, 2.24) is 14.9 Å². The molecule has 6 heteroatoms. The van der Waals surface area contributed by atoms with Crippen LogP contribution in [-0.4, -0.2) is 41.0 Å². The molecule has 1 fully saturated rings. The Hall–Kier alpha value is -0.880. The number of anilines is 1. The Morgan fingerprint density at radius 2 is 2.50 bits per heavy atom. The monoisotopic (exact) mass is 286 g/mol. The standard InChI is InChI=1S/C10H15BrN4O/c1-15-4-2-3-7(5-15)14-9-8(11)10(16)13-6-12-9/h6-7H,2-5H2,1H3,(H2,12,13,14,16). The Morgan fingerprint density at radius 1 is 1.69 bits per heavy atom. The van der Waals surface area contributed by atoms with Gasteiger partial charge in [-0.1, -0.05) is 0 Å². The number of nitrogens with zero attached hydrogens (tertiary/aromatic N) is 2. The molecule has 0 radical (unpaired) electrons.